The van der Waals surface area contributed by atoms with Crippen molar-refractivity contribution in [2.45, 2.75) is 57.7 Å². The van der Waals surface area contributed by atoms with Crippen molar-refractivity contribution in [2.24, 2.45) is 11.8 Å². The highest BCUT2D eigenvalue weighted by atomic mass is 16.6. The zero-order valence-electron chi connectivity index (χ0n) is 9.75. The molecular weight excluding hydrogens is 192 g/mol. The topological polar surface area (TPSA) is 46.5 Å². The zero-order valence-corrected chi connectivity index (χ0v) is 9.75. The van der Waals surface area contributed by atoms with E-state index in [1.54, 1.807) is 13.8 Å². The van der Waals surface area contributed by atoms with Gasteiger partial charge in [-0.2, -0.15) is 0 Å². The molecule has 0 bridgehead atoms. The fraction of sp³-hybridized carbons (Fsp3) is 0.917. The molecule has 0 radical (unpaired) electrons. The van der Waals surface area contributed by atoms with E-state index in [1.165, 1.54) is 0 Å². The monoisotopic (exact) mass is 212 g/mol. The Morgan fingerprint density at radius 1 is 1.53 bits per heavy atom. The second-order valence-corrected chi connectivity index (χ2v) is 5.70. The molecule has 3 atom stereocenters. The Bertz CT molecular complexity index is 279. The van der Waals surface area contributed by atoms with Crippen LogP contribution in [0.1, 0.15) is 46.5 Å². The Kier molecular flexibility index (Phi) is 2.34. The van der Waals surface area contributed by atoms with E-state index in [-0.39, 0.29) is 11.9 Å². The van der Waals surface area contributed by atoms with E-state index in [0.29, 0.717) is 12.3 Å². The first kappa shape index (κ1) is 10.9. The molecule has 3 heteroatoms. The van der Waals surface area contributed by atoms with Crippen LogP contribution >= 0.6 is 0 Å². The minimum atomic E-state index is -0.927. The van der Waals surface area contributed by atoms with Crippen LogP contribution in [0.25, 0.3) is 0 Å². The van der Waals surface area contributed by atoms with Crippen molar-refractivity contribution >= 4 is 5.97 Å². The minimum Gasteiger partial charge on any atom is -0.456 e. The summed E-state index contributed by atoms with van der Waals surface area (Å²) in [5, 5.41) is 10.2. The van der Waals surface area contributed by atoms with Crippen molar-refractivity contribution in [2.75, 3.05) is 0 Å². The SMILES string of the molecule is C[C@@H]1CC[C@]2(C(C)(C)O)OC(=O)C[C@@H]2C1. The van der Waals surface area contributed by atoms with Gasteiger partial charge in [0.2, 0.25) is 0 Å². The predicted molar refractivity (Wildman–Crippen MR) is 56.2 cm³/mol. The smallest absolute Gasteiger partial charge is 0.306 e. The first-order valence-electron chi connectivity index (χ1n) is 5.79. The number of ether oxygens (including phenoxy) is 1. The van der Waals surface area contributed by atoms with Gasteiger partial charge in [0, 0.05) is 5.92 Å². The lowest BCUT2D eigenvalue weighted by Gasteiger charge is -2.47. The number of esters is 1. The number of fused-ring (bicyclic) bond motifs is 1. The first-order valence-corrected chi connectivity index (χ1v) is 5.79. The lowest BCUT2D eigenvalue weighted by Crippen LogP contribution is -2.56. The highest BCUT2D eigenvalue weighted by molar-refractivity contribution is 5.73. The maximum atomic E-state index is 11.4. The van der Waals surface area contributed by atoms with Crippen molar-refractivity contribution in [3.05, 3.63) is 0 Å². The summed E-state index contributed by atoms with van der Waals surface area (Å²) in [5.74, 6) is 0.699. The van der Waals surface area contributed by atoms with E-state index < -0.39 is 11.2 Å². The Morgan fingerprint density at radius 2 is 2.20 bits per heavy atom. The van der Waals surface area contributed by atoms with E-state index in [0.717, 1.165) is 19.3 Å². The number of carbonyl (C=O) groups is 1. The fourth-order valence-electron chi connectivity index (χ4n) is 3.22. The molecule has 0 spiro atoms. The van der Waals surface area contributed by atoms with Gasteiger partial charge < -0.3 is 9.84 Å². The molecule has 0 aromatic carbocycles. The molecule has 1 heterocycles. The van der Waals surface area contributed by atoms with Crippen LogP contribution in [0.5, 0.6) is 0 Å². The van der Waals surface area contributed by atoms with Gasteiger partial charge in [0.1, 0.15) is 5.60 Å². The van der Waals surface area contributed by atoms with Gasteiger partial charge in [-0.3, -0.25) is 4.79 Å². The largest absolute Gasteiger partial charge is 0.456 e. The van der Waals surface area contributed by atoms with Crippen LogP contribution in [0, 0.1) is 11.8 Å². The van der Waals surface area contributed by atoms with Gasteiger partial charge in [0.05, 0.1) is 12.0 Å². The molecule has 15 heavy (non-hydrogen) atoms. The number of hydrogen-bond acceptors (Lipinski definition) is 3. The highest BCUT2D eigenvalue weighted by Crippen LogP contribution is 2.51. The molecular formula is C12H20O3. The summed E-state index contributed by atoms with van der Waals surface area (Å²) in [6.07, 6.45) is 3.31. The van der Waals surface area contributed by atoms with E-state index >= 15 is 0 Å². The summed E-state index contributed by atoms with van der Waals surface area (Å²) in [6.45, 7) is 5.72. The molecule has 1 saturated carbocycles. The third-order valence-electron chi connectivity index (χ3n) is 4.10. The molecule has 1 aliphatic heterocycles. The van der Waals surface area contributed by atoms with Crippen molar-refractivity contribution in [1.82, 2.24) is 0 Å². The Labute approximate surface area is 90.8 Å². The summed E-state index contributed by atoms with van der Waals surface area (Å²) >= 11 is 0. The molecule has 1 aliphatic carbocycles. The molecule has 0 unspecified atom stereocenters. The van der Waals surface area contributed by atoms with Crippen LogP contribution in [-0.2, 0) is 9.53 Å². The van der Waals surface area contributed by atoms with Crippen LogP contribution < -0.4 is 0 Å². The summed E-state index contributed by atoms with van der Waals surface area (Å²) in [6, 6.07) is 0. The summed E-state index contributed by atoms with van der Waals surface area (Å²) < 4.78 is 5.48. The Morgan fingerprint density at radius 3 is 2.80 bits per heavy atom. The van der Waals surface area contributed by atoms with Gasteiger partial charge in [-0.15, -0.1) is 0 Å². The maximum Gasteiger partial charge on any atom is 0.306 e. The average Bonchev–Trinajstić information content (AvgIpc) is 2.40. The molecule has 2 rings (SSSR count). The third kappa shape index (κ3) is 1.57. The van der Waals surface area contributed by atoms with E-state index in [4.69, 9.17) is 4.74 Å². The van der Waals surface area contributed by atoms with Crippen molar-refractivity contribution in [1.29, 1.82) is 0 Å². The molecule has 2 fully saturated rings. The van der Waals surface area contributed by atoms with Crippen molar-refractivity contribution in [3.8, 4) is 0 Å². The van der Waals surface area contributed by atoms with Crippen LogP contribution in [0.3, 0.4) is 0 Å². The van der Waals surface area contributed by atoms with Gasteiger partial charge in [0.15, 0.2) is 0 Å². The van der Waals surface area contributed by atoms with Gasteiger partial charge in [0.25, 0.3) is 0 Å². The van der Waals surface area contributed by atoms with Crippen LogP contribution in [0.15, 0.2) is 0 Å². The van der Waals surface area contributed by atoms with E-state index in [9.17, 15) is 9.90 Å². The van der Waals surface area contributed by atoms with Gasteiger partial charge in [-0.05, 0) is 39.0 Å². The second-order valence-electron chi connectivity index (χ2n) is 5.70. The Balaban J connectivity index is 2.31. The highest BCUT2D eigenvalue weighted by Gasteiger charge is 2.59. The fourth-order valence-corrected chi connectivity index (χ4v) is 3.22. The molecule has 0 amide bonds. The molecule has 86 valence electrons. The predicted octanol–water partition coefficient (Wildman–Crippen LogP) is 1.88. The second kappa shape index (κ2) is 3.21. The maximum absolute atomic E-state index is 11.4. The summed E-state index contributed by atoms with van der Waals surface area (Å²) in [5.41, 5.74) is -1.54. The molecule has 3 nitrogen and oxygen atoms in total. The summed E-state index contributed by atoms with van der Waals surface area (Å²) in [4.78, 5) is 11.4. The molecule has 0 aromatic rings. The minimum absolute atomic E-state index is 0.142. The number of hydrogen-bond donors (Lipinski definition) is 1. The van der Waals surface area contributed by atoms with Crippen LogP contribution in [-0.4, -0.2) is 22.3 Å². The van der Waals surface area contributed by atoms with Gasteiger partial charge >= 0.3 is 5.97 Å². The molecule has 1 N–H and O–H groups in total. The molecule has 1 saturated heterocycles. The quantitative estimate of drug-likeness (QED) is 0.675. The third-order valence-corrected chi connectivity index (χ3v) is 4.10. The number of aliphatic hydroxyl groups is 1. The lowest BCUT2D eigenvalue weighted by molar-refractivity contribution is -0.189. The van der Waals surface area contributed by atoms with Gasteiger partial charge in [-0.1, -0.05) is 6.92 Å². The van der Waals surface area contributed by atoms with Crippen molar-refractivity contribution in [3.63, 3.8) is 0 Å². The number of carbonyl (C=O) groups excluding carboxylic acids is 1. The van der Waals surface area contributed by atoms with Crippen LogP contribution in [0.2, 0.25) is 0 Å². The lowest BCUT2D eigenvalue weighted by atomic mass is 9.65. The molecule has 2 aliphatic rings. The van der Waals surface area contributed by atoms with Gasteiger partial charge in [-0.25, -0.2) is 0 Å². The Hall–Kier alpha value is -0.570. The zero-order chi connectivity index (χ0) is 11.3. The normalized spacial score (nSPS) is 41.2. The number of rotatable bonds is 1. The standard InChI is InChI=1S/C12H20O3/c1-8-4-5-12(11(2,3)14)9(6-8)7-10(13)15-12/h8-9,14H,4-7H2,1-3H3/t8-,9+,12+/m1/s1. The first-order chi connectivity index (χ1) is 6.85. The van der Waals surface area contributed by atoms with E-state index in [2.05, 4.69) is 6.92 Å². The average molecular weight is 212 g/mol. The molecule has 0 aromatic heterocycles. The van der Waals surface area contributed by atoms with E-state index in [1.807, 2.05) is 0 Å². The van der Waals surface area contributed by atoms with Crippen LogP contribution in [0.4, 0.5) is 0 Å². The van der Waals surface area contributed by atoms with Crippen molar-refractivity contribution < 1.29 is 14.6 Å². The summed E-state index contributed by atoms with van der Waals surface area (Å²) in [7, 11) is 0.